The van der Waals surface area contributed by atoms with Crippen LogP contribution in [0.2, 0.25) is 0 Å². The van der Waals surface area contributed by atoms with E-state index in [1.165, 1.54) is 22.7 Å². The number of nitrogens with zero attached hydrogens (tertiary/aromatic N) is 2. The van der Waals surface area contributed by atoms with E-state index in [0.717, 1.165) is 20.2 Å². The minimum Gasteiger partial charge on any atom is -0.493 e. The van der Waals surface area contributed by atoms with Gasteiger partial charge in [-0.25, -0.2) is 9.78 Å². The third-order valence-corrected chi connectivity index (χ3v) is 6.54. The van der Waals surface area contributed by atoms with Gasteiger partial charge in [0.05, 0.1) is 18.9 Å². The molecule has 3 rings (SSSR count). The van der Waals surface area contributed by atoms with E-state index >= 15 is 0 Å². The van der Waals surface area contributed by atoms with E-state index in [1.807, 2.05) is 25.1 Å². The molecule has 8 nitrogen and oxygen atoms in total. The minimum atomic E-state index is -0.928. The monoisotopic (exact) mass is 449 g/mol. The number of benzene rings is 1. The number of anilines is 1. The number of hydrogen-bond donors (Lipinski definition) is 1. The Kier molecular flexibility index (Phi) is 6.78. The van der Waals surface area contributed by atoms with Crippen molar-refractivity contribution in [2.75, 3.05) is 33.2 Å². The summed E-state index contributed by atoms with van der Waals surface area (Å²) in [5.74, 6) is 0.264. The van der Waals surface area contributed by atoms with Crippen molar-refractivity contribution < 1.29 is 23.8 Å². The fourth-order valence-corrected chi connectivity index (χ4v) is 4.63. The predicted molar refractivity (Wildman–Crippen MR) is 118 cm³/mol. The van der Waals surface area contributed by atoms with E-state index < -0.39 is 12.1 Å². The topological polar surface area (TPSA) is 90.0 Å². The Bertz CT molecular complexity index is 1030. The van der Waals surface area contributed by atoms with Gasteiger partial charge < -0.3 is 24.4 Å². The largest absolute Gasteiger partial charge is 0.493 e. The summed E-state index contributed by atoms with van der Waals surface area (Å²) < 4.78 is 16.7. The van der Waals surface area contributed by atoms with Gasteiger partial charge in [-0.2, -0.15) is 0 Å². The van der Waals surface area contributed by atoms with E-state index in [-0.39, 0.29) is 12.5 Å². The van der Waals surface area contributed by atoms with Crippen molar-refractivity contribution in [3.05, 3.63) is 34.7 Å². The van der Waals surface area contributed by atoms with Crippen molar-refractivity contribution in [3.63, 3.8) is 0 Å². The van der Waals surface area contributed by atoms with E-state index in [1.54, 1.807) is 39.3 Å². The van der Waals surface area contributed by atoms with Crippen LogP contribution in [0.3, 0.4) is 0 Å². The number of carbonyl (C=O) groups excluding carboxylic acids is 2. The van der Waals surface area contributed by atoms with Crippen LogP contribution >= 0.6 is 22.7 Å². The number of methoxy groups -OCH3 is 2. The Morgan fingerprint density at radius 2 is 1.87 bits per heavy atom. The average Bonchev–Trinajstić information content (AvgIpc) is 3.31. The van der Waals surface area contributed by atoms with Crippen molar-refractivity contribution in [2.45, 2.75) is 19.6 Å². The standard InChI is InChI=1S/C20H23N3O5S2/c1-11(17(24)21-10-12-6-7-13(26-4)14(8-12)27-5)28-19(25)16-9-15-18(29-16)22-20(30-15)23(2)3/h6-9,11H,10H2,1-5H3,(H,21,24). The molecule has 2 heterocycles. The molecule has 0 saturated carbocycles. The Morgan fingerprint density at radius 1 is 1.13 bits per heavy atom. The van der Waals surface area contributed by atoms with Crippen LogP contribution in [0.1, 0.15) is 22.2 Å². The first-order valence-electron chi connectivity index (χ1n) is 9.09. The van der Waals surface area contributed by atoms with E-state index in [4.69, 9.17) is 14.2 Å². The fraction of sp³-hybridized carbons (Fsp3) is 0.350. The number of fused-ring (bicyclic) bond motifs is 1. The lowest BCUT2D eigenvalue weighted by Crippen LogP contribution is -2.35. The van der Waals surface area contributed by atoms with Gasteiger partial charge in [0.15, 0.2) is 22.7 Å². The van der Waals surface area contributed by atoms with Gasteiger partial charge in [-0.1, -0.05) is 17.4 Å². The smallest absolute Gasteiger partial charge is 0.349 e. The Hall–Kier alpha value is -2.85. The van der Waals surface area contributed by atoms with E-state index in [9.17, 15) is 9.59 Å². The number of thiazole rings is 1. The van der Waals surface area contributed by atoms with E-state index in [2.05, 4.69) is 10.3 Å². The van der Waals surface area contributed by atoms with Crippen molar-refractivity contribution >= 4 is 49.2 Å². The number of carbonyl (C=O) groups is 2. The van der Waals surface area contributed by atoms with Crippen LogP contribution in [0, 0.1) is 0 Å². The summed E-state index contributed by atoms with van der Waals surface area (Å²) in [5, 5.41) is 3.64. The number of aromatic nitrogens is 1. The predicted octanol–water partition coefficient (Wildman–Crippen LogP) is 3.30. The summed E-state index contributed by atoms with van der Waals surface area (Å²) in [4.78, 5) is 32.4. The molecule has 1 amide bonds. The molecule has 3 aromatic rings. The second kappa shape index (κ2) is 9.31. The zero-order valence-electron chi connectivity index (χ0n) is 17.3. The number of amides is 1. The number of rotatable bonds is 8. The first kappa shape index (κ1) is 21.8. The van der Waals surface area contributed by atoms with Gasteiger partial charge in [-0.15, -0.1) is 11.3 Å². The molecule has 1 aromatic carbocycles. The molecule has 0 aliphatic carbocycles. The molecule has 30 heavy (non-hydrogen) atoms. The van der Waals surface area contributed by atoms with Crippen LogP contribution in [0.5, 0.6) is 11.5 Å². The normalized spacial score (nSPS) is 11.8. The van der Waals surface area contributed by atoms with Gasteiger partial charge in [-0.3, -0.25) is 4.79 Å². The van der Waals surface area contributed by atoms with Crippen LogP contribution in [-0.2, 0) is 16.1 Å². The van der Waals surface area contributed by atoms with E-state index in [0.29, 0.717) is 16.4 Å². The highest BCUT2D eigenvalue weighted by Gasteiger charge is 2.21. The van der Waals surface area contributed by atoms with Crippen LogP contribution < -0.4 is 19.7 Å². The molecule has 0 aliphatic rings. The van der Waals surface area contributed by atoms with Gasteiger partial charge in [0, 0.05) is 20.6 Å². The number of nitrogens with one attached hydrogen (secondary N) is 1. The molecule has 1 unspecified atom stereocenters. The molecule has 0 bridgehead atoms. The Labute approximate surface area is 182 Å². The molecule has 160 valence electrons. The number of hydrogen-bond acceptors (Lipinski definition) is 9. The minimum absolute atomic E-state index is 0.271. The summed E-state index contributed by atoms with van der Waals surface area (Å²) >= 11 is 2.75. The molecule has 0 radical (unpaired) electrons. The van der Waals surface area contributed by atoms with Gasteiger partial charge in [0.2, 0.25) is 0 Å². The average molecular weight is 450 g/mol. The van der Waals surface area contributed by atoms with Crippen molar-refractivity contribution in [2.24, 2.45) is 0 Å². The van der Waals surface area contributed by atoms with Crippen molar-refractivity contribution in [3.8, 4) is 11.5 Å². The highest BCUT2D eigenvalue weighted by atomic mass is 32.1. The lowest BCUT2D eigenvalue weighted by Gasteiger charge is -2.14. The molecule has 0 saturated heterocycles. The van der Waals surface area contributed by atoms with Gasteiger partial charge >= 0.3 is 5.97 Å². The summed E-state index contributed by atoms with van der Waals surface area (Å²) in [6.45, 7) is 1.81. The maximum atomic E-state index is 12.4. The molecule has 10 heteroatoms. The summed E-state index contributed by atoms with van der Waals surface area (Å²) in [6.07, 6.45) is -0.928. The molecule has 0 fully saturated rings. The molecule has 1 N–H and O–H groups in total. The second-order valence-corrected chi connectivity index (χ2v) is 8.67. The van der Waals surface area contributed by atoms with Crippen LogP contribution in [0.25, 0.3) is 9.53 Å². The molecular formula is C20H23N3O5S2. The molecule has 0 aliphatic heterocycles. The van der Waals surface area contributed by atoms with Crippen molar-refractivity contribution in [1.82, 2.24) is 10.3 Å². The lowest BCUT2D eigenvalue weighted by molar-refractivity contribution is -0.129. The quantitative estimate of drug-likeness (QED) is 0.528. The summed E-state index contributed by atoms with van der Waals surface area (Å²) in [6, 6.07) is 7.12. The van der Waals surface area contributed by atoms with Crippen LogP contribution in [0.15, 0.2) is 24.3 Å². The number of esters is 1. The van der Waals surface area contributed by atoms with Gasteiger partial charge in [0.1, 0.15) is 9.71 Å². The first-order valence-corrected chi connectivity index (χ1v) is 10.7. The molecule has 2 aromatic heterocycles. The third-order valence-electron chi connectivity index (χ3n) is 4.23. The van der Waals surface area contributed by atoms with Crippen LogP contribution in [-0.4, -0.2) is 51.3 Å². The SMILES string of the molecule is COc1ccc(CNC(=O)C(C)OC(=O)c2cc3sc(N(C)C)nc3s2)cc1OC. The highest BCUT2D eigenvalue weighted by molar-refractivity contribution is 7.29. The molecule has 1 atom stereocenters. The van der Waals surface area contributed by atoms with Crippen molar-refractivity contribution in [1.29, 1.82) is 0 Å². The molecular weight excluding hydrogens is 426 g/mol. The maximum absolute atomic E-state index is 12.4. The zero-order valence-corrected chi connectivity index (χ0v) is 19.0. The second-order valence-electron chi connectivity index (χ2n) is 6.63. The Morgan fingerprint density at radius 3 is 2.50 bits per heavy atom. The lowest BCUT2D eigenvalue weighted by atomic mass is 10.2. The van der Waals surface area contributed by atoms with Gasteiger partial charge in [-0.05, 0) is 30.7 Å². The maximum Gasteiger partial charge on any atom is 0.349 e. The van der Waals surface area contributed by atoms with Crippen LogP contribution in [0.4, 0.5) is 5.13 Å². The molecule has 0 spiro atoms. The zero-order chi connectivity index (χ0) is 21.8. The van der Waals surface area contributed by atoms with Gasteiger partial charge in [0.25, 0.3) is 5.91 Å². The highest BCUT2D eigenvalue weighted by Crippen LogP contribution is 2.34. The fourth-order valence-electron chi connectivity index (χ4n) is 2.61. The Balaban J connectivity index is 1.57. The third kappa shape index (κ3) is 4.82. The number of ether oxygens (including phenoxy) is 3. The summed E-state index contributed by atoms with van der Waals surface area (Å²) in [7, 11) is 6.94. The number of thiophene rings is 1. The first-order chi connectivity index (χ1) is 14.3. The summed E-state index contributed by atoms with van der Waals surface area (Å²) in [5.41, 5.74) is 0.834.